The van der Waals surface area contributed by atoms with Gasteiger partial charge in [-0.2, -0.15) is 43.9 Å². The van der Waals surface area contributed by atoms with Crippen LogP contribution in [0, 0.1) is 0 Å². The summed E-state index contributed by atoms with van der Waals surface area (Å²) in [6.07, 6.45) is 0.863. The van der Waals surface area contributed by atoms with E-state index < -0.39 is 87.2 Å². The average Bonchev–Trinajstić information content (AvgIpc) is 3.16. The Bertz CT molecular complexity index is 3530. The Morgan fingerprint density at radius 2 is 1.08 bits per heavy atom. The fourth-order valence-corrected chi connectivity index (χ4v) is 8.87. The van der Waals surface area contributed by atoms with Crippen molar-refractivity contribution in [1.82, 2.24) is 0 Å². The highest BCUT2D eigenvalue weighted by Gasteiger charge is 2.26. The molecule has 0 aliphatic rings. The molecule has 0 radical (unpaired) electrons. The molecule has 0 aliphatic heterocycles. The Morgan fingerprint density at radius 1 is 0.516 bits per heavy atom. The summed E-state index contributed by atoms with van der Waals surface area (Å²) in [6.45, 7) is 0. The molecule has 0 saturated heterocycles. The lowest BCUT2D eigenvalue weighted by Crippen LogP contribution is -2.09. The molecule has 0 amide bonds. The first kappa shape index (κ1) is 45.2. The van der Waals surface area contributed by atoms with E-state index in [-0.39, 0.29) is 55.7 Å². The number of sulfonamides is 1. The predicted molar refractivity (Wildman–Crippen MR) is 219 cm³/mol. The number of ether oxygens (including phenoxy) is 1. The number of methoxy groups -OCH3 is 1. The van der Waals surface area contributed by atoms with Crippen LogP contribution in [0.25, 0.3) is 21.5 Å². The Labute approximate surface area is 351 Å². The minimum atomic E-state index is -5.21. The van der Waals surface area contributed by atoms with E-state index in [4.69, 9.17) is 4.74 Å². The quantitative estimate of drug-likeness (QED) is 0.0488. The van der Waals surface area contributed by atoms with Crippen molar-refractivity contribution in [3.8, 4) is 11.5 Å². The normalized spacial score (nSPS) is 13.2. The van der Waals surface area contributed by atoms with E-state index in [0.29, 0.717) is 6.07 Å². The topological polar surface area (TPSA) is 367 Å². The van der Waals surface area contributed by atoms with Crippen LogP contribution in [0.3, 0.4) is 0 Å². The molecule has 6 aromatic carbocycles. The van der Waals surface area contributed by atoms with Crippen molar-refractivity contribution in [2.75, 3.05) is 18.1 Å². The number of phenolic OH excluding ortho intramolecular Hbond substituents is 1. The second-order valence-electron chi connectivity index (χ2n) is 12.7. The highest BCUT2D eigenvalue weighted by molar-refractivity contribution is 7.92. The number of aromatic hydroxyl groups is 1. The summed E-state index contributed by atoms with van der Waals surface area (Å²) < 4.78 is 168. The number of rotatable bonds is 13. The molecule has 0 bridgehead atoms. The predicted octanol–water partition coefficient (Wildman–Crippen LogP) is 7.31. The van der Waals surface area contributed by atoms with Gasteiger partial charge in [0.2, 0.25) is 10.0 Å². The minimum absolute atomic E-state index is 0.0255. The maximum absolute atomic E-state index is 12.5. The van der Waals surface area contributed by atoms with E-state index in [2.05, 4.69) is 35.4 Å². The number of anilines is 1. The summed E-state index contributed by atoms with van der Waals surface area (Å²) in [6, 6.07) is 17.1. The van der Waals surface area contributed by atoms with Crippen molar-refractivity contribution < 1.29 is 70.1 Å². The Kier molecular flexibility index (Phi) is 12.0. The van der Waals surface area contributed by atoms with Gasteiger partial charge in [-0.1, -0.05) is 18.2 Å². The second-order valence-corrected chi connectivity index (χ2v) is 20.0. The largest absolute Gasteiger partial charge is 0.505 e. The molecule has 28 heteroatoms. The maximum Gasteiger partial charge on any atom is 0.296 e. The molecular weight excluding hydrogens is 923 g/mol. The molecule has 0 aromatic heterocycles. The van der Waals surface area contributed by atoms with Crippen LogP contribution in [-0.4, -0.2) is 78.8 Å². The fraction of sp³-hybridized carbons (Fsp3) is 0.0588. The first-order chi connectivity index (χ1) is 28.7. The number of nitrogens with one attached hydrogen (secondary N) is 1. The van der Waals surface area contributed by atoms with Crippen molar-refractivity contribution >= 4 is 112 Å². The van der Waals surface area contributed by atoms with Gasteiger partial charge in [0.1, 0.15) is 43.2 Å². The summed E-state index contributed by atoms with van der Waals surface area (Å²) in [5.74, 6) is -0.996. The zero-order valence-corrected chi connectivity index (χ0v) is 35.2. The van der Waals surface area contributed by atoms with Gasteiger partial charge in [0.15, 0.2) is 5.75 Å². The number of hydrogen-bond acceptors (Lipinski definition) is 18. The van der Waals surface area contributed by atoms with Crippen molar-refractivity contribution in [2.24, 2.45) is 30.7 Å². The number of fused-ring (bicyclic) bond motifs is 2. The van der Waals surface area contributed by atoms with Gasteiger partial charge in [-0.15, -0.1) is 20.5 Å². The third-order valence-electron chi connectivity index (χ3n) is 8.30. The summed E-state index contributed by atoms with van der Waals surface area (Å²) in [4.78, 5) is -3.56. The first-order valence-corrected chi connectivity index (χ1v) is 24.2. The molecule has 0 saturated carbocycles. The lowest BCUT2D eigenvalue weighted by molar-refractivity contribution is 0.416. The van der Waals surface area contributed by atoms with Crippen LogP contribution in [0.2, 0.25) is 0 Å². The Hall–Kier alpha value is -6.37. The Balaban J connectivity index is 1.39. The molecule has 62 heavy (non-hydrogen) atoms. The van der Waals surface area contributed by atoms with Crippen LogP contribution in [0.5, 0.6) is 11.5 Å². The third-order valence-corrected chi connectivity index (χ3v) is 12.4. The van der Waals surface area contributed by atoms with E-state index in [1.54, 1.807) is 0 Å². The van der Waals surface area contributed by atoms with Gasteiger partial charge < -0.3 is 9.84 Å². The molecule has 0 atom stereocenters. The van der Waals surface area contributed by atoms with E-state index in [0.717, 1.165) is 30.5 Å². The monoisotopic (exact) mass is 949 g/mol. The standard InChI is InChI=1S/C34H27N7O16S5/c1-57-29-15-21(36-35-20-7-9-23-18(11-20)12-22(59(45,46)47)16-30(23)60(48,49)50)8-10-27(29)38-39-28-17-24-19(13-31(28)61(51,52)53)14-32(62(54,55)56)33(34(24)42)40-37-25-5-3-4-6-26(25)41-58(2,43)44/h3-17,41-42H,1-2H3,(H,45,46,47)(H,48,49,50)(H,51,52,53)(H,54,55,56). The Morgan fingerprint density at radius 3 is 1.69 bits per heavy atom. The van der Waals surface area contributed by atoms with Gasteiger partial charge in [0.05, 0.1) is 35.3 Å². The molecule has 0 spiro atoms. The number of nitrogens with zero attached hydrogens (tertiary/aromatic N) is 6. The van der Waals surface area contributed by atoms with Crippen LogP contribution >= 0.6 is 0 Å². The van der Waals surface area contributed by atoms with Gasteiger partial charge in [-0.05, 0) is 77.5 Å². The molecule has 23 nitrogen and oxygen atoms in total. The number of benzene rings is 6. The van der Waals surface area contributed by atoms with Gasteiger partial charge in [0.25, 0.3) is 40.5 Å². The summed E-state index contributed by atoms with van der Waals surface area (Å²) in [5, 5.41) is 34.1. The first-order valence-electron chi connectivity index (χ1n) is 16.5. The van der Waals surface area contributed by atoms with Crippen LogP contribution in [0.1, 0.15) is 0 Å². The summed E-state index contributed by atoms with van der Waals surface area (Å²) in [7, 11) is -22.8. The summed E-state index contributed by atoms with van der Waals surface area (Å²) in [5.41, 5.74) is -1.55. The molecule has 0 heterocycles. The smallest absolute Gasteiger partial charge is 0.296 e. The molecule has 0 fully saturated rings. The molecule has 324 valence electrons. The number of hydrogen-bond donors (Lipinski definition) is 6. The molecular formula is C34H27N7O16S5. The van der Waals surface area contributed by atoms with Crippen LogP contribution in [-0.2, 0) is 50.5 Å². The van der Waals surface area contributed by atoms with Gasteiger partial charge >= 0.3 is 0 Å². The second kappa shape index (κ2) is 16.5. The molecule has 6 rings (SSSR count). The van der Waals surface area contributed by atoms with Crippen molar-refractivity contribution in [2.45, 2.75) is 19.6 Å². The SMILES string of the molecule is COc1cc(N=Nc2ccc3c(S(=O)(=O)O)cc(S(=O)(=O)O)cc3c2)ccc1N=Nc1cc2c(O)c(N=Nc3ccccc3NS(C)(=O)=O)c(S(=O)(=O)O)cc2cc1S(=O)(=O)O. The third kappa shape index (κ3) is 10.2. The van der Waals surface area contributed by atoms with Gasteiger partial charge in [-0.3, -0.25) is 22.9 Å². The number of phenols is 1. The lowest BCUT2D eigenvalue weighted by Gasteiger charge is -2.11. The summed E-state index contributed by atoms with van der Waals surface area (Å²) >= 11 is 0. The van der Waals surface area contributed by atoms with Crippen molar-refractivity contribution in [3.63, 3.8) is 0 Å². The number of azo groups is 3. The zero-order chi connectivity index (χ0) is 45.6. The highest BCUT2D eigenvalue weighted by atomic mass is 32.2. The van der Waals surface area contributed by atoms with E-state index in [1.807, 2.05) is 0 Å². The van der Waals surface area contributed by atoms with Crippen molar-refractivity contribution in [1.29, 1.82) is 0 Å². The van der Waals surface area contributed by atoms with Crippen LogP contribution in [0.15, 0.2) is 141 Å². The average molecular weight is 950 g/mol. The van der Waals surface area contributed by atoms with E-state index in [1.165, 1.54) is 67.8 Å². The highest BCUT2D eigenvalue weighted by Crippen LogP contribution is 2.45. The van der Waals surface area contributed by atoms with Crippen molar-refractivity contribution in [3.05, 3.63) is 91.0 Å². The van der Waals surface area contributed by atoms with Crippen LogP contribution < -0.4 is 9.46 Å². The van der Waals surface area contributed by atoms with E-state index >= 15 is 0 Å². The molecule has 0 unspecified atom stereocenters. The zero-order valence-electron chi connectivity index (χ0n) is 31.1. The molecule has 6 aromatic rings. The molecule has 6 N–H and O–H groups in total. The fourth-order valence-electron chi connectivity index (χ4n) is 5.65. The lowest BCUT2D eigenvalue weighted by atomic mass is 10.1. The number of para-hydroxylation sites is 1. The molecule has 0 aliphatic carbocycles. The van der Waals surface area contributed by atoms with E-state index in [9.17, 15) is 65.4 Å². The maximum atomic E-state index is 12.5. The minimum Gasteiger partial charge on any atom is -0.505 e. The van der Waals surface area contributed by atoms with Gasteiger partial charge in [-0.25, -0.2) is 8.42 Å². The van der Waals surface area contributed by atoms with Crippen LogP contribution in [0.4, 0.5) is 39.8 Å². The van der Waals surface area contributed by atoms with Gasteiger partial charge in [0, 0.05) is 16.8 Å².